The van der Waals surface area contributed by atoms with Gasteiger partial charge in [0.1, 0.15) is 17.3 Å². The molecule has 1 atom stereocenters. The van der Waals surface area contributed by atoms with Crippen LogP contribution in [0.3, 0.4) is 0 Å². The van der Waals surface area contributed by atoms with Gasteiger partial charge < -0.3 is 30.0 Å². The van der Waals surface area contributed by atoms with E-state index in [1.165, 1.54) is 12.0 Å². The Morgan fingerprint density at radius 2 is 1.82 bits per heavy atom. The molecule has 1 saturated heterocycles. The molecule has 9 nitrogen and oxygen atoms in total. The second-order valence-electron chi connectivity index (χ2n) is 7.49. The first kappa shape index (κ1) is 23.8. The maximum absolute atomic E-state index is 13.0. The number of carbonyl (C=O) groups excluding carboxylic acids is 3. The van der Waals surface area contributed by atoms with Crippen molar-refractivity contribution in [3.05, 3.63) is 64.7 Å². The van der Waals surface area contributed by atoms with Crippen molar-refractivity contribution in [3.63, 3.8) is 0 Å². The van der Waals surface area contributed by atoms with Crippen molar-refractivity contribution in [2.24, 2.45) is 5.73 Å². The topological polar surface area (TPSA) is 128 Å². The van der Waals surface area contributed by atoms with E-state index in [4.69, 9.17) is 19.9 Å². The van der Waals surface area contributed by atoms with E-state index >= 15 is 0 Å². The first-order valence-electron chi connectivity index (χ1n) is 10.2. The van der Waals surface area contributed by atoms with Crippen molar-refractivity contribution in [2.75, 3.05) is 34.0 Å². The standard InChI is InChI=1S/C24H26N2O7/c1-14-12-16(6-9-18(14)32-3)22(28)20-21(26(10-11-31-2)24(30)23(20)29)15-4-7-17(8-5-15)33-13-19(25)27/h4-9,12,21,28H,10-11,13H2,1-3H3,(H2,25,27)/b22-20-. The second-order valence-corrected chi connectivity index (χ2v) is 7.49. The van der Waals surface area contributed by atoms with E-state index in [0.717, 1.165) is 5.56 Å². The number of benzene rings is 2. The molecule has 2 aromatic rings. The van der Waals surface area contributed by atoms with Crippen LogP contribution in [-0.2, 0) is 19.1 Å². The molecule has 3 rings (SSSR count). The molecule has 0 spiro atoms. The number of ketones is 1. The number of carbonyl (C=O) groups is 3. The molecule has 0 saturated carbocycles. The largest absolute Gasteiger partial charge is 0.507 e. The molecule has 0 bridgehead atoms. The number of primary amides is 1. The molecule has 174 valence electrons. The fraction of sp³-hybridized carbons (Fsp3) is 0.292. The summed E-state index contributed by atoms with van der Waals surface area (Å²) >= 11 is 0. The number of hydrogen-bond donors (Lipinski definition) is 2. The number of amides is 2. The van der Waals surface area contributed by atoms with Crippen LogP contribution in [0.4, 0.5) is 0 Å². The van der Waals surface area contributed by atoms with Crippen LogP contribution in [0.2, 0.25) is 0 Å². The molecule has 0 aromatic heterocycles. The van der Waals surface area contributed by atoms with E-state index < -0.39 is 23.6 Å². The highest BCUT2D eigenvalue weighted by Gasteiger charge is 2.45. The first-order chi connectivity index (χ1) is 15.8. The summed E-state index contributed by atoms with van der Waals surface area (Å²) in [5, 5.41) is 11.1. The zero-order chi connectivity index (χ0) is 24.1. The Morgan fingerprint density at radius 1 is 1.12 bits per heavy atom. The Kier molecular flexibility index (Phi) is 7.34. The lowest BCUT2D eigenvalue weighted by molar-refractivity contribution is -0.140. The minimum Gasteiger partial charge on any atom is -0.507 e. The lowest BCUT2D eigenvalue weighted by Crippen LogP contribution is -2.32. The maximum atomic E-state index is 13.0. The third-order valence-electron chi connectivity index (χ3n) is 5.32. The van der Waals surface area contributed by atoms with Gasteiger partial charge in [0.25, 0.3) is 17.6 Å². The molecule has 1 unspecified atom stereocenters. The van der Waals surface area contributed by atoms with Crippen molar-refractivity contribution < 1.29 is 33.7 Å². The molecule has 2 aromatic carbocycles. The minimum atomic E-state index is -0.826. The molecule has 9 heteroatoms. The zero-order valence-corrected chi connectivity index (χ0v) is 18.7. The van der Waals surface area contributed by atoms with Crippen molar-refractivity contribution >= 4 is 23.4 Å². The lowest BCUT2D eigenvalue weighted by atomic mass is 9.94. The lowest BCUT2D eigenvalue weighted by Gasteiger charge is -2.25. The highest BCUT2D eigenvalue weighted by atomic mass is 16.5. The van der Waals surface area contributed by atoms with Crippen LogP contribution in [0.5, 0.6) is 11.5 Å². The van der Waals surface area contributed by atoms with Gasteiger partial charge in [-0.25, -0.2) is 0 Å². The molecular weight excluding hydrogens is 428 g/mol. The van der Waals surface area contributed by atoms with E-state index in [0.29, 0.717) is 22.6 Å². The number of aryl methyl sites for hydroxylation is 1. The van der Waals surface area contributed by atoms with Gasteiger partial charge in [-0.1, -0.05) is 12.1 Å². The Morgan fingerprint density at radius 3 is 2.39 bits per heavy atom. The molecular formula is C24H26N2O7. The third-order valence-corrected chi connectivity index (χ3v) is 5.32. The number of aliphatic hydroxyl groups is 1. The zero-order valence-electron chi connectivity index (χ0n) is 18.7. The van der Waals surface area contributed by atoms with Gasteiger partial charge in [0.05, 0.1) is 25.3 Å². The van der Waals surface area contributed by atoms with E-state index in [9.17, 15) is 19.5 Å². The van der Waals surface area contributed by atoms with Crippen LogP contribution >= 0.6 is 0 Å². The number of nitrogens with zero attached hydrogens (tertiary/aromatic N) is 1. The summed E-state index contributed by atoms with van der Waals surface area (Å²) in [4.78, 5) is 38.1. The molecule has 2 amide bonds. The van der Waals surface area contributed by atoms with Gasteiger partial charge >= 0.3 is 0 Å². The summed E-state index contributed by atoms with van der Waals surface area (Å²) < 4.78 is 15.6. The van der Waals surface area contributed by atoms with Gasteiger partial charge in [-0.2, -0.15) is 0 Å². The minimum absolute atomic E-state index is 0.0218. The second kappa shape index (κ2) is 10.2. The first-order valence-corrected chi connectivity index (χ1v) is 10.2. The summed E-state index contributed by atoms with van der Waals surface area (Å²) in [6.45, 7) is 1.91. The fourth-order valence-electron chi connectivity index (χ4n) is 3.73. The average molecular weight is 454 g/mol. The van der Waals surface area contributed by atoms with Crippen LogP contribution in [0.25, 0.3) is 5.76 Å². The van der Waals surface area contributed by atoms with Gasteiger partial charge in [0, 0.05) is 19.2 Å². The van der Waals surface area contributed by atoms with E-state index in [1.54, 1.807) is 49.6 Å². The Hall–Kier alpha value is -3.85. The van der Waals surface area contributed by atoms with Crippen LogP contribution in [-0.4, -0.2) is 61.6 Å². The Labute approximate surface area is 191 Å². The van der Waals surface area contributed by atoms with Gasteiger partial charge in [-0.3, -0.25) is 14.4 Å². The van der Waals surface area contributed by atoms with Crippen molar-refractivity contribution in [1.29, 1.82) is 0 Å². The number of rotatable bonds is 9. The summed E-state index contributed by atoms with van der Waals surface area (Å²) in [7, 11) is 3.04. The van der Waals surface area contributed by atoms with Crippen molar-refractivity contribution in [3.8, 4) is 11.5 Å². The van der Waals surface area contributed by atoms with E-state index in [2.05, 4.69) is 0 Å². The number of hydrogen-bond acceptors (Lipinski definition) is 7. The van der Waals surface area contributed by atoms with Gasteiger partial charge in [0.2, 0.25) is 0 Å². The van der Waals surface area contributed by atoms with Crippen molar-refractivity contribution in [2.45, 2.75) is 13.0 Å². The number of methoxy groups -OCH3 is 2. The Balaban J connectivity index is 2.07. The predicted molar refractivity (Wildman–Crippen MR) is 120 cm³/mol. The normalized spacial score (nSPS) is 17.3. The molecule has 1 fully saturated rings. The molecule has 1 heterocycles. The molecule has 1 aliphatic heterocycles. The van der Waals surface area contributed by atoms with Crippen LogP contribution in [0.1, 0.15) is 22.7 Å². The van der Waals surface area contributed by atoms with Gasteiger partial charge in [-0.05, 0) is 48.4 Å². The third kappa shape index (κ3) is 4.98. The summed E-state index contributed by atoms with van der Waals surface area (Å²) in [6.07, 6.45) is 0. The molecule has 0 radical (unpaired) electrons. The number of nitrogens with two attached hydrogens (primary N) is 1. The quantitative estimate of drug-likeness (QED) is 0.337. The highest BCUT2D eigenvalue weighted by Crippen LogP contribution is 2.40. The van der Waals surface area contributed by atoms with Crippen LogP contribution in [0.15, 0.2) is 48.0 Å². The molecule has 33 heavy (non-hydrogen) atoms. The molecule has 3 N–H and O–H groups in total. The fourth-order valence-corrected chi connectivity index (χ4v) is 3.73. The van der Waals surface area contributed by atoms with Crippen LogP contribution < -0.4 is 15.2 Å². The van der Waals surface area contributed by atoms with Crippen molar-refractivity contribution in [1.82, 2.24) is 4.90 Å². The number of ether oxygens (including phenoxy) is 3. The summed E-state index contributed by atoms with van der Waals surface area (Å²) in [5.41, 5.74) is 6.83. The smallest absolute Gasteiger partial charge is 0.295 e. The number of aliphatic hydroxyl groups excluding tert-OH is 1. The average Bonchev–Trinajstić information content (AvgIpc) is 3.06. The molecule has 0 aliphatic carbocycles. The van der Waals surface area contributed by atoms with E-state index in [1.807, 2.05) is 6.92 Å². The summed E-state index contributed by atoms with van der Waals surface area (Å²) in [5.74, 6) is -1.36. The highest BCUT2D eigenvalue weighted by molar-refractivity contribution is 6.46. The SMILES string of the molecule is COCCN1C(=O)C(=O)/C(=C(\O)c2ccc(OC)c(C)c2)C1c1ccc(OCC(N)=O)cc1. The van der Waals surface area contributed by atoms with Gasteiger partial charge in [-0.15, -0.1) is 0 Å². The Bertz CT molecular complexity index is 1090. The number of likely N-dealkylation sites (tertiary alicyclic amines) is 1. The maximum Gasteiger partial charge on any atom is 0.295 e. The monoisotopic (exact) mass is 454 g/mol. The molecule has 1 aliphatic rings. The summed E-state index contributed by atoms with van der Waals surface area (Å²) in [6, 6.07) is 10.7. The van der Waals surface area contributed by atoms with E-state index in [-0.39, 0.29) is 31.1 Å². The van der Waals surface area contributed by atoms with Gasteiger partial charge in [0.15, 0.2) is 6.61 Å². The van der Waals surface area contributed by atoms with Crippen LogP contribution in [0, 0.1) is 6.92 Å². The number of Topliss-reactive ketones (excluding diaryl/α,β-unsaturated/α-hetero) is 1. The predicted octanol–water partition coefficient (Wildman–Crippen LogP) is 1.94.